The summed E-state index contributed by atoms with van der Waals surface area (Å²) in [5, 5.41) is 10.8. The first-order valence-electron chi connectivity index (χ1n) is 7.99. The molecule has 0 aliphatic carbocycles. The van der Waals surface area contributed by atoms with Crippen molar-refractivity contribution in [2.75, 3.05) is 0 Å². The summed E-state index contributed by atoms with van der Waals surface area (Å²) in [6.07, 6.45) is 7.96. The Morgan fingerprint density at radius 3 is 2.48 bits per heavy atom. The standard InChI is InChI=1S/C18H25NO2/c1-3-4-5-6-7-8-11-15-14(2)19(21)17-13-10-9-12-16(17)18(15)20/h9-10,12-13,21H,3-8,11H2,1-2H3. The fraction of sp³-hybridized carbons (Fsp3) is 0.500. The quantitative estimate of drug-likeness (QED) is 0.604. The summed E-state index contributed by atoms with van der Waals surface area (Å²) in [5.41, 5.74) is 2.09. The summed E-state index contributed by atoms with van der Waals surface area (Å²) >= 11 is 0. The fourth-order valence-electron chi connectivity index (χ4n) is 2.86. The second-order valence-corrected chi connectivity index (χ2v) is 5.74. The van der Waals surface area contributed by atoms with Crippen molar-refractivity contribution in [1.82, 2.24) is 4.73 Å². The van der Waals surface area contributed by atoms with Crippen molar-refractivity contribution in [3.63, 3.8) is 0 Å². The Bertz CT molecular complexity index is 658. The molecule has 114 valence electrons. The summed E-state index contributed by atoms with van der Waals surface area (Å²) in [7, 11) is 0. The van der Waals surface area contributed by atoms with Gasteiger partial charge in [0.1, 0.15) is 0 Å². The zero-order chi connectivity index (χ0) is 15.2. The Kier molecular flexibility index (Phi) is 5.43. The van der Waals surface area contributed by atoms with Crippen LogP contribution in [0.4, 0.5) is 0 Å². The van der Waals surface area contributed by atoms with Gasteiger partial charge in [-0.1, -0.05) is 51.2 Å². The second-order valence-electron chi connectivity index (χ2n) is 5.74. The molecule has 1 aromatic heterocycles. The Balaban J connectivity index is 2.15. The van der Waals surface area contributed by atoms with Crippen LogP contribution in [-0.4, -0.2) is 9.94 Å². The molecule has 0 radical (unpaired) electrons. The van der Waals surface area contributed by atoms with Crippen LogP contribution in [0.1, 0.15) is 56.7 Å². The van der Waals surface area contributed by atoms with E-state index in [2.05, 4.69) is 6.92 Å². The zero-order valence-corrected chi connectivity index (χ0v) is 13.1. The maximum atomic E-state index is 12.5. The fourth-order valence-corrected chi connectivity index (χ4v) is 2.86. The van der Waals surface area contributed by atoms with E-state index in [1.165, 1.54) is 25.7 Å². The lowest BCUT2D eigenvalue weighted by molar-refractivity contribution is 0.190. The predicted octanol–water partition coefficient (Wildman–Crippen LogP) is 4.45. The van der Waals surface area contributed by atoms with Gasteiger partial charge in [0.15, 0.2) is 5.43 Å². The number of unbranched alkanes of at least 4 members (excludes halogenated alkanes) is 5. The number of aromatic nitrogens is 1. The van der Waals surface area contributed by atoms with Gasteiger partial charge in [-0.3, -0.25) is 4.79 Å². The minimum atomic E-state index is 0.0713. The monoisotopic (exact) mass is 287 g/mol. The zero-order valence-electron chi connectivity index (χ0n) is 13.1. The number of benzene rings is 1. The second kappa shape index (κ2) is 7.30. The summed E-state index contributed by atoms with van der Waals surface area (Å²) in [6, 6.07) is 7.24. The highest BCUT2D eigenvalue weighted by molar-refractivity contribution is 5.79. The van der Waals surface area contributed by atoms with E-state index in [4.69, 9.17) is 0 Å². The number of para-hydroxylation sites is 1. The van der Waals surface area contributed by atoms with Crippen LogP contribution in [0.15, 0.2) is 29.1 Å². The average molecular weight is 287 g/mol. The van der Waals surface area contributed by atoms with E-state index in [1.54, 1.807) is 12.1 Å². The van der Waals surface area contributed by atoms with Gasteiger partial charge in [0.25, 0.3) is 0 Å². The van der Waals surface area contributed by atoms with E-state index in [0.29, 0.717) is 16.6 Å². The first kappa shape index (κ1) is 15.6. The molecule has 0 fully saturated rings. The first-order chi connectivity index (χ1) is 10.2. The van der Waals surface area contributed by atoms with Crippen LogP contribution in [-0.2, 0) is 6.42 Å². The largest absolute Gasteiger partial charge is 0.428 e. The van der Waals surface area contributed by atoms with Gasteiger partial charge in [0.05, 0.1) is 11.2 Å². The molecule has 0 aliphatic heterocycles. The van der Waals surface area contributed by atoms with Crippen molar-refractivity contribution in [2.45, 2.75) is 58.8 Å². The lowest BCUT2D eigenvalue weighted by Gasteiger charge is -2.12. The molecule has 1 N–H and O–H groups in total. The third-order valence-electron chi connectivity index (χ3n) is 4.19. The lowest BCUT2D eigenvalue weighted by atomic mass is 10.0. The predicted molar refractivity (Wildman–Crippen MR) is 87.2 cm³/mol. The average Bonchev–Trinajstić information content (AvgIpc) is 2.51. The topological polar surface area (TPSA) is 42.2 Å². The summed E-state index contributed by atoms with van der Waals surface area (Å²) < 4.78 is 1.16. The van der Waals surface area contributed by atoms with Crippen LogP contribution in [0, 0.1) is 6.92 Å². The van der Waals surface area contributed by atoms with Crippen LogP contribution in [0.3, 0.4) is 0 Å². The number of hydrogen-bond acceptors (Lipinski definition) is 2. The van der Waals surface area contributed by atoms with Crippen LogP contribution in [0.5, 0.6) is 0 Å². The van der Waals surface area contributed by atoms with Gasteiger partial charge in [-0.2, -0.15) is 4.73 Å². The molecule has 1 aromatic carbocycles. The normalized spacial score (nSPS) is 11.1. The highest BCUT2D eigenvalue weighted by atomic mass is 16.5. The van der Waals surface area contributed by atoms with Gasteiger partial charge in [-0.25, -0.2) is 0 Å². The van der Waals surface area contributed by atoms with Gasteiger partial charge >= 0.3 is 0 Å². The van der Waals surface area contributed by atoms with Gasteiger partial charge in [0, 0.05) is 10.9 Å². The molecule has 0 aliphatic rings. The van der Waals surface area contributed by atoms with Gasteiger partial charge in [0.2, 0.25) is 0 Å². The Labute approximate surface area is 126 Å². The molecule has 2 rings (SSSR count). The van der Waals surface area contributed by atoms with Gasteiger partial charge in [-0.15, -0.1) is 0 Å². The lowest BCUT2D eigenvalue weighted by Crippen LogP contribution is -2.17. The molecule has 0 unspecified atom stereocenters. The van der Waals surface area contributed by atoms with Crippen LogP contribution >= 0.6 is 0 Å². The van der Waals surface area contributed by atoms with E-state index in [0.717, 1.165) is 29.6 Å². The molecule has 3 nitrogen and oxygen atoms in total. The molecular formula is C18H25NO2. The van der Waals surface area contributed by atoms with Crippen molar-refractivity contribution in [3.8, 4) is 0 Å². The molecule has 3 heteroatoms. The third-order valence-corrected chi connectivity index (χ3v) is 4.19. The minimum Gasteiger partial charge on any atom is -0.428 e. The minimum absolute atomic E-state index is 0.0713. The maximum Gasteiger partial charge on any atom is 0.193 e. The third kappa shape index (κ3) is 3.46. The van der Waals surface area contributed by atoms with Crippen molar-refractivity contribution >= 4 is 10.9 Å². The number of nitrogens with zero attached hydrogens (tertiary/aromatic N) is 1. The molecule has 0 atom stereocenters. The van der Waals surface area contributed by atoms with E-state index in [-0.39, 0.29) is 5.43 Å². The van der Waals surface area contributed by atoms with Crippen molar-refractivity contribution in [1.29, 1.82) is 0 Å². The summed E-state index contributed by atoms with van der Waals surface area (Å²) in [6.45, 7) is 4.03. The molecule has 21 heavy (non-hydrogen) atoms. The van der Waals surface area contributed by atoms with E-state index >= 15 is 0 Å². The maximum absolute atomic E-state index is 12.5. The Hall–Kier alpha value is -1.77. The van der Waals surface area contributed by atoms with Crippen molar-refractivity contribution in [2.24, 2.45) is 0 Å². The molecule has 0 saturated heterocycles. The van der Waals surface area contributed by atoms with E-state index < -0.39 is 0 Å². The molecule has 0 spiro atoms. The van der Waals surface area contributed by atoms with E-state index in [9.17, 15) is 10.0 Å². The Morgan fingerprint density at radius 1 is 1.05 bits per heavy atom. The highest BCUT2D eigenvalue weighted by Gasteiger charge is 2.12. The molecule has 0 bridgehead atoms. The molecule has 1 heterocycles. The molecule has 2 aromatic rings. The SMILES string of the molecule is CCCCCCCCc1c(C)n(O)c2ccccc2c1=O. The molecule has 0 amide bonds. The summed E-state index contributed by atoms with van der Waals surface area (Å²) in [5.74, 6) is 0. The molecular weight excluding hydrogens is 262 g/mol. The number of hydrogen-bond donors (Lipinski definition) is 1. The molecule has 0 saturated carbocycles. The number of fused-ring (bicyclic) bond motifs is 1. The van der Waals surface area contributed by atoms with Crippen LogP contribution in [0.2, 0.25) is 0 Å². The van der Waals surface area contributed by atoms with Crippen molar-refractivity contribution in [3.05, 3.63) is 45.7 Å². The number of rotatable bonds is 7. The first-order valence-corrected chi connectivity index (χ1v) is 7.99. The van der Waals surface area contributed by atoms with E-state index in [1.807, 2.05) is 19.1 Å². The number of pyridine rings is 1. The summed E-state index contributed by atoms with van der Waals surface area (Å²) in [4.78, 5) is 12.5. The van der Waals surface area contributed by atoms with Crippen LogP contribution in [0.25, 0.3) is 10.9 Å². The smallest absolute Gasteiger partial charge is 0.193 e. The van der Waals surface area contributed by atoms with Crippen molar-refractivity contribution < 1.29 is 5.21 Å². The van der Waals surface area contributed by atoms with Crippen LogP contribution < -0.4 is 5.43 Å². The van der Waals surface area contributed by atoms with Gasteiger partial charge in [-0.05, 0) is 31.9 Å². The van der Waals surface area contributed by atoms with Gasteiger partial charge < -0.3 is 5.21 Å². The Morgan fingerprint density at radius 2 is 1.71 bits per heavy atom. The highest BCUT2D eigenvalue weighted by Crippen LogP contribution is 2.16.